The van der Waals surface area contributed by atoms with Crippen LogP contribution in [0.2, 0.25) is 0 Å². The van der Waals surface area contributed by atoms with Gasteiger partial charge in [-0.15, -0.1) is 0 Å². The largest absolute Gasteiger partial charge is 0.480 e. The van der Waals surface area contributed by atoms with Gasteiger partial charge in [0.25, 0.3) is 0 Å². The van der Waals surface area contributed by atoms with Gasteiger partial charge in [-0.05, 0) is 13.3 Å². The highest BCUT2D eigenvalue weighted by atomic mass is 16.4. The SMILES string of the molecule is CCC(C(=O)O)N1CCN2CCN(CCN(C(C)C(=O)O)CC1)C2=O. The van der Waals surface area contributed by atoms with E-state index in [2.05, 4.69) is 0 Å². The van der Waals surface area contributed by atoms with E-state index in [0.717, 1.165) is 0 Å². The number of carboxylic acids is 2. The van der Waals surface area contributed by atoms with E-state index in [9.17, 15) is 24.6 Å². The summed E-state index contributed by atoms with van der Waals surface area (Å²) in [6.07, 6.45) is 0.462. The Morgan fingerprint density at radius 2 is 1.32 bits per heavy atom. The molecule has 2 bridgehead atoms. The summed E-state index contributed by atoms with van der Waals surface area (Å²) in [7, 11) is 0. The topological polar surface area (TPSA) is 105 Å². The predicted molar refractivity (Wildman–Crippen MR) is 90.5 cm³/mol. The maximum Gasteiger partial charge on any atom is 0.320 e. The quantitative estimate of drug-likeness (QED) is 0.695. The van der Waals surface area contributed by atoms with Crippen molar-refractivity contribution in [2.75, 3.05) is 52.4 Å². The molecule has 2 amide bonds. The first-order valence-electron chi connectivity index (χ1n) is 8.82. The van der Waals surface area contributed by atoms with Gasteiger partial charge in [0.05, 0.1) is 0 Å². The molecule has 0 saturated carbocycles. The Balaban J connectivity index is 2.20. The Bertz CT molecular complexity index is 515. The molecule has 2 N–H and O–H groups in total. The first kappa shape index (κ1) is 19.5. The first-order valence-corrected chi connectivity index (χ1v) is 8.82. The molecule has 0 spiro atoms. The second-order valence-corrected chi connectivity index (χ2v) is 6.61. The lowest BCUT2D eigenvalue weighted by Gasteiger charge is -2.33. The van der Waals surface area contributed by atoms with Crippen LogP contribution in [0.15, 0.2) is 0 Å². The van der Waals surface area contributed by atoms with E-state index >= 15 is 0 Å². The lowest BCUT2D eigenvalue weighted by Crippen LogP contribution is -2.50. The molecule has 2 fully saturated rings. The van der Waals surface area contributed by atoms with Crippen LogP contribution < -0.4 is 0 Å². The second kappa shape index (κ2) is 8.48. The van der Waals surface area contributed by atoms with Gasteiger partial charge in [-0.2, -0.15) is 0 Å². The first-order chi connectivity index (χ1) is 11.8. The minimum absolute atomic E-state index is 0.0480. The van der Waals surface area contributed by atoms with Gasteiger partial charge in [0.1, 0.15) is 12.1 Å². The molecular weight excluding hydrogens is 328 g/mol. The minimum atomic E-state index is -0.916. The summed E-state index contributed by atoms with van der Waals surface area (Å²) >= 11 is 0. The number of urea groups is 1. The van der Waals surface area contributed by atoms with Crippen LogP contribution in [-0.4, -0.2) is 112 Å². The van der Waals surface area contributed by atoms with Crippen LogP contribution in [0, 0.1) is 0 Å². The van der Waals surface area contributed by atoms with Crippen molar-refractivity contribution in [1.82, 2.24) is 19.6 Å². The van der Waals surface area contributed by atoms with Gasteiger partial charge < -0.3 is 20.0 Å². The zero-order valence-corrected chi connectivity index (χ0v) is 14.9. The van der Waals surface area contributed by atoms with E-state index in [1.165, 1.54) is 0 Å². The summed E-state index contributed by atoms with van der Waals surface area (Å²) in [6, 6.07) is -1.36. The van der Waals surface area contributed by atoms with Crippen molar-refractivity contribution < 1.29 is 24.6 Å². The van der Waals surface area contributed by atoms with Gasteiger partial charge in [0.2, 0.25) is 0 Å². The van der Waals surface area contributed by atoms with E-state index < -0.39 is 24.0 Å². The van der Waals surface area contributed by atoms with Crippen LogP contribution in [0.1, 0.15) is 20.3 Å². The number of carbonyl (C=O) groups is 3. The molecule has 0 aromatic heterocycles. The molecular formula is C16H28N4O5. The molecule has 2 atom stereocenters. The van der Waals surface area contributed by atoms with E-state index in [1.54, 1.807) is 16.7 Å². The molecule has 9 nitrogen and oxygen atoms in total. The van der Waals surface area contributed by atoms with Crippen molar-refractivity contribution in [2.24, 2.45) is 0 Å². The van der Waals surface area contributed by atoms with E-state index in [-0.39, 0.29) is 6.03 Å². The highest BCUT2D eigenvalue weighted by Crippen LogP contribution is 2.13. The Morgan fingerprint density at radius 3 is 1.80 bits per heavy atom. The summed E-state index contributed by atoms with van der Waals surface area (Å²) < 4.78 is 0. The van der Waals surface area contributed by atoms with E-state index in [1.807, 2.05) is 16.7 Å². The molecule has 0 radical (unpaired) electrons. The van der Waals surface area contributed by atoms with Gasteiger partial charge in [-0.3, -0.25) is 19.4 Å². The Labute approximate surface area is 147 Å². The average molecular weight is 356 g/mol. The summed E-state index contributed by atoms with van der Waals surface area (Å²) in [4.78, 5) is 42.5. The molecule has 9 heteroatoms. The molecule has 2 aliphatic rings. The second-order valence-electron chi connectivity index (χ2n) is 6.61. The molecule has 25 heavy (non-hydrogen) atoms. The zero-order valence-electron chi connectivity index (χ0n) is 14.9. The number of amides is 2. The zero-order chi connectivity index (χ0) is 18.6. The molecule has 2 heterocycles. The summed E-state index contributed by atoms with van der Waals surface area (Å²) in [5, 5.41) is 18.8. The highest BCUT2D eigenvalue weighted by Gasteiger charge is 2.33. The van der Waals surface area contributed by atoms with Crippen LogP contribution in [0.5, 0.6) is 0 Å². The van der Waals surface area contributed by atoms with E-state index in [0.29, 0.717) is 58.8 Å². The number of hydrogen-bond acceptors (Lipinski definition) is 5. The fraction of sp³-hybridized carbons (Fsp3) is 0.812. The molecule has 2 saturated heterocycles. The van der Waals surface area contributed by atoms with Gasteiger partial charge in [-0.1, -0.05) is 6.92 Å². The average Bonchev–Trinajstić information content (AvgIpc) is 2.89. The molecule has 2 rings (SSSR count). The Morgan fingerprint density at radius 1 is 0.880 bits per heavy atom. The van der Waals surface area contributed by atoms with Gasteiger partial charge >= 0.3 is 18.0 Å². The third-order valence-corrected chi connectivity index (χ3v) is 5.19. The molecule has 0 aromatic carbocycles. The van der Waals surface area contributed by atoms with Crippen molar-refractivity contribution in [2.45, 2.75) is 32.4 Å². The van der Waals surface area contributed by atoms with Crippen molar-refractivity contribution in [1.29, 1.82) is 0 Å². The van der Waals surface area contributed by atoms with Gasteiger partial charge in [-0.25, -0.2) is 4.79 Å². The Kier molecular flexibility index (Phi) is 6.60. The number of fused-ring (bicyclic) bond motifs is 2. The summed E-state index contributed by atoms with van der Waals surface area (Å²) in [5.41, 5.74) is 0. The van der Waals surface area contributed by atoms with Crippen molar-refractivity contribution >= 4 is 18.0 Å². The maximum absolute atomic E-state index is 12.4. The van der Waals surface area contributed by atoms with E-state index in [4.69, 9.17) is 0 Å². The summed E-state index contributed by atoms with van der Waals surface area (Å²) in [5.74, 6) is -1.80. The molecule has 0 aliphatic carbocycles. The van der Waals surface area contributed by atoms with Crippen LogP contribution in [0.4, 0.5) is 4.79 Å². The number of carboxylic acid groups (broad SMARTS) is 2. The fourth-order valence-electron chi connectivity index (χ4n) is 3.47. The molecule has 2 aliphatic heterocycles. The number of carbonyl (C=O) groups excluding carboxylic acids is 1. The number of nitrogens with zero attached hydrogens (tertiary/aromatic N) is 4. The van der Waals surface area contributed by atoms with Crippen LogP contribution >= 0.6 is 0 Å². The number of hydrogen-bond donors (Lipinski definition) is 2. The highest BCUT2D eigenvalue weighted by molar-refractivity contribution is 5.76. The van der Waals surface area contributed by atoms with Gasteiger partial charge in [0.15, 0.2) is 0 Å². The Hall–Kier alpha value is -1.87. The maximum atomic E-state index is 12.4. The van der Waals surface area contributed by atoms with Crippen LogP contribution in [0.3, 0.4) is 0 Å². The lowest BCUT2D eigenvalue weighted by atomic mass is 10.2. The molecule has 142 valence electrons. The smallest absolute Gasteiger partial charge is 0.320 e. The molecule has 2 unspecified atom stereocenters. The minimum Gasteiger partial charge on any atom is -0.480 e. The van der Waals surface area contributed by atoms with Crippen molar-refractivity contribution in [3.05, 3.63) is 0 Å². The van der Waals surface area contributed by atoms with Crippen LogP contribution in [-0.2, 0) is 9.59 Å². The third kappa shape index (κ3) is 4.60. The lowest BCUT2D eigenvalue weighted by molar-refractivity contribution is -0.145. The number of aliphatic carboxylic acids is 2. The standard InChI is InChI=1S/C16H28N4O5/c1-3-13(15(23)24)18-6-4-17(12(2)14(21)22)5-8-19-10-11-20(9-7-18)16(19)25/h12-13H,3-11H2,1-2H3,(H,21,22)(H,23,24). The monoisotopic (exact) mass is 356 g/mol. The number of rotatable bonds is 5. The van der Waals surface area contributed by atoms with Crippen LogP contribution in [0.25, 0.3) is 0 Å². The van der Waals surface area contributed by atoms with Crippen molar-refractivity contribution in [3.63, 3.8) is 0 Å². The predicted octanol–water partition coefficient (Wildman–Crippen LogP) is -0.322. The summed E-state index contributed by atoms with van der Waals surface area (Å²) in [6.45, 7) is 7.54. The van der Waals surface area contributed by atoms with Crippen molar-refractivity contribution in [3.8, 4) is 0 Å². The third-order valence-electron chi connectivity index (χ3n) is 5.19. The van der Waals surface area contributed by atoms with Gasteiger partial charge in [0, 0.05) is 52.4 Å². The normalized spacial score (nSPS) is 23.2. The molecule has 0 aromatic rings. The fourth-order valence-corrected chi connectivity index (χ4v) is 3.47.